The second-order valence-corrected chi connectivity index (χ2v) is 8.71. The molecule has 0 amide bonds. The standard InChI is InChI=1S/C17H26S/c1-13-9-16(2,3)12-17(10-13,11-14-6-7-14)15-5-4-8-18-15/h4-5,8,13-14H,6-7,9-12H2,1-3H3. The molecule has 100 valence electrons. The third kappa shape index (κ3) is 2.52. The first-order valence-corrected chi connectivity index (χ1v) is 8.41. The summed E-state index contributed by atoms with van der Waals surface area (Å²) in [6.07, 6.45) is 8.67. The molecule has 3 rings (SSSR count). The van der Waals surface area contributed by atoms with Crippen molar-refractivity contribution in [2.75, 3.05) is 0 Å². The molecule has 18 heavy (non-hydrogen) atoms. The molecular formula is C17H26S. The molecule has 1 heterocycles. The maximum Gasteiger partial charge on any atom is 0.0107 e. The molecule has 0 spiro atoms. The van der Waals surface area contributed by atoms with Gasteiger partial charge in [-0.1, -0.05) is 39.7 Å². The van der Waals surface area contributed by atoms with Gasteiger partial charge in [-0.15, -0.1) is 11.3 Å². The van der Waals surface area contributed by atoms with Crippen molar-refractivity contribution in [1.82, 2.24) is 0 Å². The Balaban J connectivity index is 1.93. The Hall–Kier alpha value is -0.300. The van der Waals surface area contributed by atoms with Gasteiger partial charge in [0.25, 0.3) is 0 Å². The van der Waals surface area contributed by atoms with Gasteiger partial charge >= 0.3 is 0 Å². The van der Waals surface area contributed by atoms with Crippen LogP contribution in [0.4, 0.5) is 0 Å². The number of hydrogen-bond donors (Lipinski definition) is 0. The first-order valence-electron chi connectivity index (χ1n) is 7.53. The van der Waals surface area contributed by atoms with Crippen molar-refractivity contribution in [1.29, 1.82) is 0 Å². The fraction of sp³-hybridized carbons (Fsp3) is 0.765. The van der Waals surface area contributed by atoms with Gasteiger partial charge in [-0.3, -0.25) is 0 Å². The summed E-state index contributed by atoms with van der Waals surface area (Å²) in [4.78, 5) is 1.68. The zero-order chi connectivity index (χ0) is 12.8. The van der Waals surface area contributed by atoms with E-state index in [2.05, 4.69) is 38.3 Å². The summed E-state index contributed by atoms with van der Waals surface area (Å²) >= 11 is 2.00. The van der Waals surface area contributed by atoms with E-state index in [9.17, 15) is 0 Å². The van der Waals surface area contributed by atoms with Crippen molar-refractivity contribution in [2.24, 2.45) is 17.3 Å². The van der Waals surface area contributed by atoms with Crippen molar-refractivity contribution < 1.29 is 0 Å². The number of hydrogen-bond acceptors (Lipinski definition) is 1. The Morgan fingerprint density at radius 1 is 1.28 bits per heavy atom. The van der Waals surface area contributed by atoms with Gasteiger partial charge in [-0.2, -0.15) is 0 Å². The summed E-state index contributed by atoms with van der Waals surface area (Å²) < 4.78 is 0. The average Bonchev–Trinajstić information content (AvgIpc) is 2.88. The fourth-order valence-electron chi connectivity index (χ4n) is 4.64. The molecule has 2 atom stereocenters. The normalized spacial score (nSPS) is 35.6. The molecule has 1 heteroatoms. The van der Waals surface area contributed by atoms with Crippen LogP contribution < -0.4 is 0 Å². The molecule has 0 saturated heterocycles. The minimum Gasteiger partial charge on any atom is -0.148 e. The topological polar surface area (TPSA) is 0 Å². The van der Waals surface area contributed by atoms with Crippen LogP contribution >= 0.6 is 11.3 Å². The molecule has 2 aliphatic rings. The van der Waals surface area contributed by atoms with Crippen LogP contribution in [0.15, 0.2) is 17.5 Å². The molecule has 2 saturated carbocycles. The molecule has 0 aromatic carbocycles. The van der Waals surface area contributed by atoms with E-state index >= 15 is 0 Å². The Morgan fingerprint density at radius 3 is 2.61 bits per heavy atom. The third-order valence-corrected chi connectivity index (χ3v) is 5.99. The molecule has 0 aliphatic heterocycles. The van der Waals surface area contributed by atoms with Gasteiger partial charge in [0.1, 0.15) is 0 Å². The molecular weight excluding hydrogens is 236 g/mol. The van der Waals surface area contributed by atoms with E-state index in [1.54, 1.807) is 4.88 Å². The summed E-state index contributed by atoms with van der Waals surface area (Å²) in [5.74, 6) is 1.92. The highest BCUT2D eigenvalue weighted by atomic mass is 32.1. The Bertz CT molecular complexity index is 395. The van der Waals surface area contributed by atoms with Crippen LogP contribution in [0.25, 0.3) is 0 Å². The second kappa shape index (κ2) is 4.37. The Labute approximate surface area is 116 Å². The SMILES string of the molecule is CC1CC(C)(C)CC(CC2CC2)(c2cccs2)C1. The summed E-state index contributed by atoms with van der Waals surface area (Å²) in [7, 11) is 0. The summed E-state index contributed by atoms with van der Waals surface area (Å²) in [6.45, 7) is 7.44. The zero-order valence-electron chi connectivity index (χ0n) is 12.0. The molecule has 2 aliphatic carbocycles. The van der Waals surface area contributed by atoms with Gasteiger partial charge in [0.15, 0.2) is 0 Å². The van der Waals surface area contributed by atoms with Gasteiger partial charge in [0.05, 0.1) is 0 Å². The minimum atomic E-state index is 0.510. The quantitative estimate of drug-likeness (QED) is 0.662. The lowest BCUT2D eigenvalue weighted by Gasteiger charge is -2.48. The van der Waals surface area contributed by atoms with Crippen molar-refractivity contribution in [3.63, 3.8) is 0 Å². The highest BCUT2D eigenvalue weighted by molar-refractivity contribution is 7.10. The highest BCUT2D eigenvalue weighted by Crippen LogP contribution is 2.56. The van der Waals surface area contributed by atoms with Crippen LogP contribution in [0.5, 0.6) is 0 Å². The van der Waals surface area contributed by atoms with Gasteiger partial charge < -0.3 is 0 Å². The molecule has 0 nitrogen and oxygen atoms in total. The van der Waals surface area contributed by atoms with E-state index in [-0.39, 0.29) is 0 Å². The summed E-state index contributed by atoms with van der Waals surface area (Å²) in [5, 5.41) is 2.27. The van der Waals surface area contributed by atoms with Crippen LogP contribution in [0.3, 0.4) is 0 Å². The first-order chi connectivity index (χ1) is 8.49. The first kappa shape index (κ1) is 12.7. The van der Waals surface area contributed by atoms with Gasteiger partial charge in [0, 0.05) is 10.3 Å². The van der Waals surface area contributed by atoms with Crippen molar-refractivity contribution >= 4 is 11.3 Å². The number of rotatable bonds is 3. The van der Waals surface area contributed by atoms with Crippen LogP contribution in [0.2, 0.25) is 0 Å². The number of thiophene rings is 1. The molecule has 2 unspecified atom stereocenters. The van der Waals surface area contributed by atoms with E-state index < -0.39 is 0 Å². The van der Waals surface area contributed by atoms with Crippen molar-refractivity contribution in [3.8, 4) is 0 Å². The second-order valence-electron chi connectivity index (χ2n) is 7.76. The van der Waals surface area contributed by atoms with Crippen LogP contribution in [-0.2, 0) is 5.41 Å². The molecule has 0 radical (unpaired) electrons. The third-order valence-electron chi connectivity index (χ3n) is 4.88. The maximum atomic E-state index is 2.48. The summed E-state index contributed by atoms with van der Waals surface area (Å²) in [6, 6.07) is 4.65. The van der Waals surface area contributed by atoms with Gasteiger partial charge in [0.2, 0.25) is 0 Å². The lowest BCUT2D eigenvalue weighted by molar-refractivity contribution is 0.0953. The minimum absolute atomic E-state index is 0.510. The molecule has 1 aromatic rings. The van der Waals surface area contributed by atoms with Crippen molar-refractivity contribution in [2.45, 2.75) is 64.7 Å². The van der Waals surface area contributed by atoms with E-state index in [4.69, 9.17) is 0 Å². The molecule has 1 aromatic heterocycles. The fourth-order valence-corrected chi connectivity index (χ4v) is 5.59. The Morgan fingerprint density at radius 2 is 2.06 bits per heavy atom. The summed E-state index contributed by atoms with van der Waals surface area (Å²) in [5.41, 5.74) is 1.03. The smallest absolute Gasteiger partial charge is 0.0107 e. The average molecular weight is 262 g/mol. The van der Waals surface area contributed by atoms with E-state index in [1.165, 1.54) is 38.5 Å². The maximum absolute atomic E-state index is 2.48. The van der Waals surface area contributed by atoms with E-state index in [1.807, 2.05) is 11.3 Å². The van der Waals surface area contributed by atoms with Crippen LogP contribution in [0, 0.1) is 17.3 Å². The Kier molecular flexibility index (Phi) is 3.09. The van der Waals surface area contributed by atoms with E-state index in [0.717, 1.165) is 11.8 Å². The molecule has 0 bridgehead atoms. The monoisotopic (exact) mass is 262 g/mol. The van der Waals surface area contributed by atoms with Gasteiger partial charge in [-0.25, -0.2) is 0 Å². The largest absolute Gasteiger partial charge is 0.148 e. The lowest BCUT2D eigenvalue weighted by atomic mass is 9.58. The molecule has 2 fully saturated rings. The van der Waals surface area contributed by atoms with Crippen LogP contribution in [0.1, 0.15) is 64.2 Å². The van der Waals surface area contributed by atoms with Crippen molar-refractivity contribution in [3.05, 3.63) is 22.4 Å². The molecule has 0 N–H and O–H groups in total. The lowest BCUT2D eigenvalue weighted by Crippen LogP contribution is -2.40. The highest BCUT2D eigenvalue weighted by Gasteiger charge is 2.46. The van der Waals surface area contributed by atoms with Gasteiger partial charge in [-0.05, 0) is 54.4 Å². The zero-order valence-corrected chi connectivity index (χ0v) is 12.9. The predicted molar refractivity (Wildman–Crippen MR) is 80.1 cm³/mol. The predicted octanol–water partition coefficient (Wildman–Crippen LogP) is 5.63. The van der Waals surface area contributed by atoms with Crippen LogP contribution in [-0.4, -0.2) is 0 Å². The van der Waals surface area contributed by atoms with E-state index in [0.29, 0.717) is 10.8 Å².